The van der Waals surface area contributed by atoms with Crippen LogP contribution >= 0.6 is 11.8 Å². The third-order valence-electron chi connectivity index (χ3n) is 5.92. The van der Waals surface area contributed by atoms with Crippen LogP contribution in [0.15, 0.2) is 76.6 Å². The number of hydrogen-bond acceptors (Lipinski definition) is 5. The lowest BCUT2D eigenvalue weighted by molar-refractivity contribution is -0.113. The molecule has 1 fully saturated rings. The van der Waals surface area contributed by atoms with Crippen LogP contribution in [-0.4, -0.2) is 48.8 Å². The molecule has 2 aliphatic rings. The second kappa shape index (κ2) is 9.71. The number of piperazine rings is 1. The number of carbonyl (C=O) groups is 1. The second-order valence-electron chi connectivity index (χ2n) is 8.20. The number of rotatable bonds is 5. The van der Waals surface area contributed by atoms with E-state index in [9.17, 15) is 4.79 Å². The average molecular weight is 458 g/mol. The molecule has 0 spiro atoms. The zero-order chi connectivity index (χ0) is 22.6. The summed E-state index contributed by atoms with van der Waals surface area (Å²) < 4.78 is 5.64. The van der Waals surface area contributed by atoms with E-state index >= 15 is 0 Å². The summed E-state index contributed by atoms with van der Waals surface area (Å²) in [7, 11) is 0. The molecule has 5 nitrogen and oxygen atoms in total. The van der Waals surface area contributed by atoms with Gasteiger partial charge in [-0.2, -0.15) is 4.99 Å². The van der Waals surface area contributed by atoms with Crippen molar-refractivity contribution in [1.82, 2.24) is 4.90 Å². The summed E-state index contributed by atoms with van der Waals surface area (Å²) >= 11 is 1.48. The maximum Gasteiger partial charge on any atom is 0.286 e. The first-order chi connectivity index (χ1) is 16.2. The highest BCUT2D eigenvalue weighted by Gasteiger charge is 2.28. The van der Waals surface area contributed by atoms with Crippen molar-refractivity contribution in [2.24, 2.45) is 4.99 Å². The molecular formula is C27H27N3O2S. The van der Waals surface area contributed by atoms with Crippen LogP contribution in [0.25, 0.3) is 16.8 Å². The van der Waals surface area contributed by atoms with Crippen LogP contribution in [0, 0.1) is 0 Å². The van der Waals surface area contributed by atoms with Crippen molar-refractivity contribution in [3.63, 3.8) is 0 Å². The second-order valence-corrected chi connectivity index (χ2v) is 9.21. The van der Waals surface area contributed by atoms with Crippen molar-refractivity contribution in [3.05, 3.63) is 77.2 Å². The van der Waals surface area contributed by atoms with Crippen LogP contribution in [0.3, 0.4) is 0 Å². The normalized spacial score (nSPS) is 17.7. The van der Waals surface area contributed by atoms with Gasteiger partial charge in [0.1, 0.15) is 5.75 Å². The number of hydrogen-bond donors (Lipinski definition) is 0. The minimum atomic E-state index is -0.155. The summed E-state index contributed by atoms with van der Waals surface area (Å²) in [4.78, 5) is 22.2. The first kappa shape index (κ1) is 21.6. The summed E-state index contributed by atoms with van der Waals surface area (Å²) in [6.45, 7) is 6.29. The predicted octanol–water partition coefficient (Wildman–Crippen LogP) is 5.42. The number of aliphatic imine (C=N–C) groups is 1. The molecule has 2 heterocycles. The number of amidine groups is 1. The van der Waals surface area contributed by atoms with E-state index in [0.717, 1.165) is 49.1 Å². The number of amides is 1. The van der Waals surface area contributed by atoms with E-state index in [-0.39, 0.29) is 5.91 Å². The standard InChI is InChI=1S/C27H27N3O2S/c1-2-18-32-22-12-10-20(11-13-22)19-25-26(31)28-27(33-25)30-16-14-29(15-17-30)24-9-5-7-21-6-3-4-8-23(21)24/h3-13,19H,2,14-18H2,1H3/b25-19+. The zero-order valence-corrected chi connectivity index (χ0v) is 19.6. The Balaban J connectivity index is 1.22. The number of benzene rings is 3. The van der Waals surface area contributed by atoms with Crippen molar-refractivity contribution in [2.45, 2.75) is 13.3 Å². The topological polar surface area (TPSA) is 45.1 Å². The molecule has 168 valence electrons. The van der Waals surface area contributed by atoms with E-state index in [0.29, 0.717) is 11.5 Å². The summed E-state index contributed by atoms with van der Waals surface area (Å²) in [6.07, 6.45) is 2.90. The van der Waals surface area contributed by atoms with E-state index in [1.54, 1.807) is 0 Å². The number of ether oxygens (including phenoxy) is 1. The first-order valence-electron chi connectivity index (χ1n) is 11.4. The fourth-order valence-electron chi connectivity index (χ4n) is 4.19. The molecule has 0 unspecified atom stereocenters. The third-order valence-corrected chi connectivity index (χ3v) is 6.96. The van der Waals surface area contributed by atoms with Crippen LogP contribution in [0.5, 0.6) is 5.75 Å². The molecule has 33 heavy (non-hydrogen) atoms. The van der Waals surface area contributed by atoms with Crippen molar-refractivity contribution in [1.29, 1.82) is 0 Å². The van der Waals surface area contributed by atoms with E-state index in [4.69, 9.17) is 4.74 Å². The molecule has 2 aliphatic heterocycles. The van der Waals surface area contributed by atoms with E-state index in [1.165, 1.54) is 28.2 Å². The molecule has 6 heteroatoms. The minimum absolute atomic E-state index is 0.155. The molecule has 0 saturated carbocycles. The highest BCUT2D eigenvalue weighted by atomic mass is 32.2. The molecule has 5 rings (SSSR count). The third kappa shape index (κ3) is 4.76. The lowest BCUT2D eigenvalue weighted by Crippen LogP contribution is -2.47. The van der Waals surface area contributed by atoms with Crippen LogP contribution in [0.4, 0.5) is 5.69 Å². The molecule has 1 amide bonds. The SMILES string of the molecule is CCCOc1ccc(/C=C2/SC(N3CCN(c4cccc5ccccc45)CC3)=NC2=O)cc1. The number of nitrogens with zero attached hydrogens (tertiary/aromatic N) is 3. The quantitative estimate of drug-likeness (QED) is 0.479. The molecule has 0 bridgehead atoms. The lowest BCUT2D eigenvalue weighted by atomic mass is 10.1. The van der Waals surface area contributed by atoms with Gasteiger partial charge < -0.3 is 14.5 Å². The van der Waals surface area contributed by atoms with Gasteiger partial charge in [0.05, 0.1) is 11.5 Å². The Labute approximate surface area is 198 Å². The van der Waals surface area contributed by atoms with Crippen molar-refractivity contribution in [2.75, 3.05) is 37.7 Å². The largest absolute Gasteiger partial charge is 0.494 e. The van der Waals surface area contributed by atoms with Gasteiger partial charge in [0, 0.05) is 37.3 Å². The molecule has 0 radical (unpaired) electrons. The van der Waals surface area contributed by atoms with Crippen molar-refractivity contribution in [3.8, 4) is 5.75 Å². The number of anilines is 1. The van der Waals surface area contributed by atoms with Gasteiger partial charge in [-0.15, -0.1) is 0 Å². The molecule has 3 aromatic rings. The van der Waals surface area contributed by atoms with E-state index < -0.39 is 0 Å². The molecule has 0 aliphatic carbocycles. The summed E-state index contributed by atoms with van der Waals surface area (Å²) in [5, 5.41) is 3.36. The van der Waals surface area contributed by atoms with Crippen LogP contribution in [-0.2, 0) is 4.79 Å². The van der Waals surface area contributed by atoms with Crippen molar-refractivity contribution >= 4 is 45.4 Å². The number of fused-ring (bicyclic) bond motifs is 1. The van der Waals surface area contributed by atoms with Crippen LogP contribution < -0.4 is 9.64 Å². The van der Waals surface area contributed by atoms with Gasteiger partial charge in [-0.1, -0.05) is 55.5 Å². The Morgan fingerprint density at radius 3 is 2.45 bits per heavy atom. The molecule has 1 saturated heterocycles. The van der Waals surface area contributed by atoms with Gasteiger partial charge in [-0.25, -0.2) is 0 Å². The van der Waals surface area contributed by atoms with Crippen LogP contribution in [0.2, 0.25) is 0 Å². The van der Waals surface area contributed by atoms with E-state index in [1.807, 2.05) is 30.3 Å². The number of thioether (sulfide) groups is 1. The van der Waals surface area contributed by atoms with Gasteiger partial charge in [0.2, 0.25) is 0 Å². The zero-order valence-electron chi connectivity index (χ0n) is 18.7. The summed E-state index contributed by atoms with van der Waals surface area (Å²) in [5.41, 5.74) is 2.25. The maximum atomic E-state index is 12.5. The highest BCUT2D eigenvalue weighted by Crippen LogP contribution is 2.32. The minimum Gasteiger partial charge on any atom is -0.494 e. The van der Waals surface area contributed by atoms with Gasteiger partial charge in [0.15, 0.2) is 5.17 Å². The number of carbonyl (C=O) groups excluding carboxylic acids is 1. The Bertz CT molecular complexity index is 1210. The molecular weight excluding hydrogens is 430 g/mol. The van der Waals surface area contributed by atoms with Gasteiger partial charge in [-0.3, -0.25) is 4.79 Å². The maximum absolute atomic E-state index is 12.5. The smallest absolute Gasteiger partial charge is 0.286 e. The van der Waals surface area contributed by atoms with Crippen molar-refractivity contribution < 1.29 is 9.53 Å². The van der Waals surface area contributed by atoms with Crippen LogP contribution in [0.1, 0.15) is 18.9 Å². The summed E-state index contributed by atoms with van der Waals surface area (Å²) in [6, 6.07) is 22.8. The summed E-state index contributed by atoms with van der Waals surface area (Å²) in [5.74, 6) is 0.697. The lowest BCUT2D eigenvalue weighted by Gasteiger charge is -2.37. The van der Waals surface area contributed by atoms with Gasteiger partial charge >= 0.3 is 0 Å². The monoisotopic (exact) mass is 457 g/mol. The Hall–Kier alpha value is -3.25. The Kier molecular flexibility index (Phi) is 6.35. The fraction of sp³-hybridized carbons (Fsp3) is 0.259. The van der Waals surface area contributed by atoms with E-state index in [2.05, 4.69) is 64.2 Å². The predicted molar refractivity (Wildman–Crippen MR) is 138 cm³/mol. The highest BCUT2D eigenvalue weighted by molar-refractivity contribution is 8.18. The molecule has 0 atom stereocenters. The average Bonchev–Trinajstić information content (AvgIpc) is 3.23. The Morgan fingerprint density at radius 2 is 1.67 bits per heavy atom. The molecule has 0 N–H and O–H groups in total. The van der Waals surface area contributed by atoms with Gasteiger partial charge in [0.25, 0.3) is 5.91 Å². The first-order valence-corrected chi connectivity index (χ1v) is 12.3. The molecule has 0 aromatic heterocycles. The Morgan fingerprint density at radius 1 is 0.939 bits per heavy atom. The fourth-order valence-corrected chi connectivity index (χ4v) is 5.15. The molecule has 3 aromatic carbocycles. The van der Waals surface area contributed by atoms with Gasteiger partial charge in [-0.05, 0) is 53.4 Å².